The Balaban J connectivity index is 1.78. The largest absolute Gasteiger partial charge is 0.362 e. The molecule has 1 amide bonds. The van der Waals surface area contributed by atoms with Crippen molar-refractivity contribution in [3.63, 3.8) is 0 Å². The summed E-state index contributed by atoms with van der Waals surface area (Å²) in [4.78, 5) is 13.6. The molecule has 3 aliphatic rings. The summed E-state index contributed by atoms with van der Waals surface area (Å²) in [6.07, 6.45) is 1.20. The minimum Gasteiger partial charge on any atom is -0.362 e. The van der Waals surface area contributed by atoms with E-state index in [1.165, 1.54) is 0 Å². The lowest BCUT2D eigenvalue weighted by Crippen LogP contribution is -2.58. The van der Waals surface area contributed by atoms with Crippen molar-refractivity contribution in [3.8, 4) is 11.1 Å². The smallest absolute Gasteiger partial charge is 0.250 e. The van der Waals surface area contributed by atoms with Crippen molar-refractivity contribution < 1.29 is 4.79 Å². The molecule has 0 saturated heterocycles. The molecule has 0 spiro atoms. The summed E-state index contributed by atoms with van der Waals surface area (Å²) in [5, 5.41) is 24.3. The van der Waals surface area contributed by atoms with E-state index in [2.05, 4.69) is 82.2 Å². The molecular weight excluding hydrogens is 412 g/mol. The molecule has 33 heavy (non-hydrogen) atoms. The third kappa shape index (κ3) is 3.21. The van der Waals surface area contributed by atoms with E-state index >= 15 is 0 Å². The van der Waals surface area contributed by atoms with Gasteiger partial charge in [-0.15, -0.1) is 0 Å². The topological polar surface area (TPSA) is 91.6 Å². The molecule has 4 heterocycles. The number of azo groups is 1. The molecule has 1 aromatic heterocycles. The van der Waals surface area contributed by atoms with Crippen LogP contribution in [0, 0.1) is 13.8 Å². The van der Waals surface area contributed by atoms with Gasteiger partial charge in [-0.2, -0.15) is 20.4 Å². The van der Waals surface area contributed by atoms with Gasteiger partial charge in [0.2, 0.25) is 0 Å². The predicted octanol–water partition coefficient (Wildman–Crippen LogP) is 4.63. The summed E-state index contributed by atoms with van der Waals surface area (Å²) < 4.78 is 0. The molecule has 0 fully saturated rings. The Bertz CT molecular complexity index is 1270. The van der Waals surface area contributed by atoms with Crippen LogP contribution >= 0.6 is 0 Å². The molecule has 0 radical (unpaired) electrons. The van der Waals surface area contributed by atoms with E-state index in [0.717, 1.165) is 63.5 Å². The first-order valence-corrected chi connectivity index (χ1v) is 11.5. The van der Waals surface area contributed by atoms with E-state index in [0.29, 0.717) is 0 Å². The molecule has 7 heteroatoms. The van der Waals surface area contributed by atoms with E-state index in [-0.39, 0.29) is 17.6 Å². The Kier molecular flexibility index (Phi) is 4.78. The molecule has 2 atom stereocenters. The van der Waals surface area contributed by atoms with Crippen molar-refractivity contribution in [2.75, 3.05) is 0 Å². The quantitative estimate of drug-likeness (QED) is 0.725. The van der Waals surface area contributed by atoms with E-state index in [1.54, 1.807) is 0 Å². The summed E-state index contributed by atoms with van der Waals surface area (Å²) in [5.41, 5.74) is 7.71. The van der Waals surface area contributed by atoms with Crippen molar-refractivity contribution >= 4 is 5.91 Å². The third-order valence-corrected chi connectivity index (χ3v) is 7.08. The molecule has 3 aliphatic heterocycles. The molecule has 0 saturated carbocycles. The van der Waals surface area contributed by atoms with Crippen LogP contribution in [-0.2, 0) is 10.2 Å². The molecular formula is C26H30N6O. The Morgan fingerprint density at radius 2 is 1.91 bits per heavy atom. The zero-order chi connectivity index (χ0) is 23.5. The van der Waals surface area contributed by atoms with Gasteiger partial charge < -0.3 is 10.6 Å². The van der Waals surface area contributed by atoms with Gasteiger partial charge in [-0.25, -0.2) is 0 Å². The maximum absolute atomic E-state index is 13.6. The fourth-order valence-electron chi connectivity index (χ4n) is 5.72. The number of aryl methyl sites for hydroxylation is 2. The van der Waals surface area contributed by atoms with Gasteiger partial charge in [-0.05, 0) is 64.3 Å². The third-order valence-electron chi connectivity index (χ3n) is 7.08. The summed E-state index contributed by atoms with van der Waals surface area (Å²) in [5.74, 6) is -0.0238. The molecule has 0 aliphatic carbocycles. The lowest BCUT2D eigenvalue weighted by atomic mass is 9.61. The maximum Gasteiger partial charge on any atom is 0.250 e. The number of aromatic nitrogens is 2. The van der Waals surface area contributed by atoms with Crippen LogP contribution in [-0.4, -0.2) is 27.8 Å². The average molecular weight is 443 g/mol. The van der Waals surface area contributed by atoms with Crippen LogP contribution < -0.4 is 10.6 Å². The molecule has 1 aromatic carbocycles. The molecule has 7 nitrogen and oxygen atoms in total. The van der Waals surface area contributed by atoms with Crippen LogP contribution in [0.1, 0.15) is 57.5 Å². The van der Waals surface area contributed by atoms with Crippen LogP contribution in [0.2, 0.25) is 0 Å². The SMILES string of the molecule is CC[C@]1(c2cccc(-c3cc(C)nnc3C)c2)C2=C(CC(C)(C)NC2=O)NC2N=NC(C)=C21. The van der Waals surface area contributed by atoms with Crippen LogP contribution in [0.4, 0.5) is 0 Å². The zero-order valence-electron chi connectivity index (χ0n) is 20.1. The monoisotopic (exact) mass is 442 g/mol. The van der Waals surface area contributed by atoms with Crippen LogP contribution in [0.25, 0.3) is 11.1 Å². The lowest BCUT2D eigenvalue weighted by Gasteiger charge is -2.48. The van der Waals surface area contributed by atoms with Gasteiger partial charge in [0.1, 0.15) is 0 Å². The normalized spacial score (nSPS) is 25.5. The number of allylic oxidation sites excluding steroid dienone is 1. The van der Waals surface area contributed by atoms with Crippen LogP contribution in [0.15, 0.2) is 63.1 Å². The molecule has 1 unspecified atom stereocenters. The van der Waals surface area contributed by atoms with Gasteiger partial charge in [-0.3, -0.25) is 4.79 Å². The molecule has 2 N–H and O–H groups in total. The second-order valence-electron chi connectivity index (χ2n) is 9.95. The van der Waals surface area contributed by atoms with Crippen molar-refractivity contribution in [2.45, 2.75) is 71.5 Å². The molecule has 2 aromatic rings. The second-order valence-corrected chi connectivity index (χ2v) is 9.95. The van der Waals surface area contributed by atoms with Crippen molar-refractivity contribution in [1.82, 2.24) is 20.8 Å². The Morgan fingerprint density at radius 3 is 2.67 bits per heavy atom. The zero-order valence-corrected chi connectivity index (χ0v) is 20.1. The number of carbonyl (C=O) groups is 1. The van der Waals surface area contributed by atoms with Gasteiger partial charge >= 0.3 is 0 Å². The minimum absolute atomic E-state index is 0.0238. The van der Waals surface area contributed by atoms with E-state index in [4.69, 9.17) is 0 Å². The summed E-state index contributed by atoms with van der Waals surface area (Å²) in [7, 11) is 0. The highest BCUT2D eigenvalue weighted by atomic mass is 16.2. The van der Waals surface area contributed by atoms with Gasteiger partial charge in [0.25, 0.3) is 5.91 Å². The first-order chi connectivity index (χ1) is 15.7. The van der Waals surface area contributed by atoms with Gasteiger partial charge in [-0.1, -0.05) is 25.1 Å². The first kappa shape index (κ1) is 21.5. The highest BCUT2D eigenvalue weighted by Gasteiger charge is 2.54. The van der Waals surface area contributed by atoms with E-state index in [1.807, 2.05) is 20.8 Å². The first-order valence-electron chi connectivity index (χ1n) is 11.5. The fraction of sp³-hybridized carbons (Fsp3) is 0.423. The van der Waals surface area contributed by atoms with Crippen LogP contribution in [0.5, 0.6) is 0 Å². The van der Waals surface area contributed by atoms with Crippen LogP contribution in [0.3, 0.4) is 0 Å². The standard InChI is InChI=1S/C26H30N6O/c1-7-26(18-10-8-9-17(12-18)19-11-14(2)29-30-15(19)3)21-16(4)31-32-23(21)27-20-13-25(5,6)28-24(33)22(20)26/h8-12,23,27H,7,13H2,1-6H3,(H,28,33)/t23?,26-/m1/s1. The van der Waals surface area contributed by atoms with Crippen molar-refractivity contribution in [1.29, 1.82) is 0 Å². The molecule has 170 valence electrons. The molecule has 0 bridgehead atoms. The Labute approximate surface area is 194 Å². The number of fused-ring (bicyclic) bond motifs is 1. The van der Waals surface area contributed by atoms with E-state index in [9.17, 15) is 4.79 Å². The second kappa shape index (κ2) is 7.33. The number of nitrogens with one attached hydrogen (secondary N) is 2. The Hall–Kier alpha value is -3.35. The highest BCUT2D eigenvalue weighted by Crippen LogP contribution is 2.53. The number of benzene rings is 1. The summed E-state index contributed by atoms with van der Waals surface area (Å²) >= 11 is 0. The molecule has 5 rings (SSSR count). The van der Waals surface area contributed by atoms with Crippen molar-refractivity contribution in [3.05, 3.63) is 69.8 Å². The minimum atomic E-state index is -0.612. The van der Waals surface area contributed by atoms with Gasteiger partial charge in [0.15, 0.2) is 6.17 Å². The van der Waals surface area contributed by atoms with Crippen molar-refractivity contribution in [2.24, 2.45) is 10.2 Å². The van der Waals surface area contributed by atoms with E-state index < -0.39 is 5.41 Å². The number of rotatable bonds is 3. The summed E-state index contributed by atoms with van der Waals surface area (Å²) in [6.45, 7) is 12.2. The fourth-order valence-corrected chi connectivity index (χ4v) is 5.72. The maximum atomic E-state index is 13.6. The summed E-state index contributed by atoms with van der Waals surface area (Å²) in [6, 6.07) is 10.6. The Morgan fingerprint density at radius 1 is 1.12 bits per heavy atom. The predicted molar refractivity (Wildman–Crippen MR) is 127 cm³/mol. The van der Waals surface area contributed by atoms with Gasteiger partial charge in [0, 0.05) is 28.8 Å². The highest BCUT2D eigenvalue weighted by molar-refractivity contribution is 6.00. The number of amides is 1. The average Bonchev–Trinajstić information content (AvgIpc) is 3.14. The lowest BCUT2D eigenvalue weighted by molar-refractivity contribution is -0.120. The van der Waals surface area contributed by atoms with Gasteiger partial charge in [0.05, 0.1) is 28.1 Å². The number of hydrogen-bond acceptors (Lipinski definition) is 6. The number of hydrogen-bond donors (Lipinski definition) is 2. The number of nitrogens with zero attached hydrogens (tertiary/aromatic N) is 4. The number of carbonyl (C=O) groups excluding carboxylic acids is 1.